The maximum atomic E-state index is 11.5. The Labute approximate surface area is 94.7 Å². The smallest absolute Gasteiger partial charge is 0.310 e. The standard InChI is InChI=1S/C9H10INO3/c10-6-2-1-3-5(4(2)8(11)12)9(13)14-7(3)6/h2-7H,1H2,(H2,11,12)/t2-,3+,4+,5+,6-,7-/m0/s1. The number of rotatable bonds is 1. The van der Waals surface area contributed by atoms with Crippen molar-refractivity contribution in [2.45, 2.75) is 16.4 Å². The average molecular weight is 307 g/mol. The van der Waals surface area contributed by atoms with Crippen LogP contribution in [-0.2, 0) is 14.3 Å². The minimum absolute atomic E-state index is 0.0497. The topological polar surface area (TPSA) is 69.4 Å². The highest BCUT2D eigenvalue weighted by Crippen LogP contribution is 2.59. The molecule has 0 aromatic carbocycles. The zero-order valence-electron chi connectivity index (χ0n) is 7.35. The van der Waals surface area contributed by atoms with Crippen molar-refractivity contribution < 1.29 is 14.3 Å². The number of alkyl halides is 1. The number of fused-ring (bicyclic) bond motifs is 1. The molecule has 1 heterocycles. The average Bonchev–Trinajstić information content (AvgIpc) is 2.67. The molecule has 76 valence electrons. The van der Waals surface area contributed by atoms with E-state index < -0.39 is 0 Å². The minimum atomic E-state index is -0.332. The second kappa shape index (κ2) is 2.62. The second-order valence-electron chi connectivity index (χ2n) is 4.36. The number of esters is 1. The first kappa shape index (κ1) is 8.94. The molecule has 2 N–H and O–H groups in total. The molecule has 14 heavy (non-hydrogen) atoms. The third-order valence-corrected chi connectivity index (χ3v) is 5.48. The Morgan fingerprint density at radius 3 is 2.86 bits per heavy atom. The zero-order chi connectivity index (χ0) is 10.0. The van der Waals surface area contributed by atoms with Crippen LogP contribution in [-0.4, -0.2) is 21.9 Å². The van der Waals surface area contributed by atoms with Crippen LogP contribution in [0, 0.1) is 23.7 Å². The van der Waals surface area contributed by atoms with Crippen LogP contribution in [0.25, 0.3) is 0 Å². The molecule has 0 radical (unpaired) electrons. The monoisotopic (exact) mass is 307 g/mol. The number of ether oxygens (including phenoxy) is 1. The number of hydrogen-bond donors (Lipinski definition) is 1. The molecule has 0 spiro atoms. The molecule has 2 saturated carbocycles. The summed E-state index contributed by atoms with van der Waals surface area (Å²) < 4.78 is 5.55. The Hall–Kier alpha value is -0.330. The van der Waals surface area contributed by atoms with Crippen LogP contribution >= 0.6 is 22.6 Å². The van der Waals surface area contributed by atoms with Gasteiger partial charge >= 0.3 is 5.97 Å². The number of carbonyl (C=O) groups excluding carboxylic acids is 2. The Morgan fingerprint density at radius 1 is 1.50 bits per heavy atom. The maximum Gasteiger partial charge on any atom is 0.310 e. The third kappa shape index (κ3) is 0.844. The van der Waals surface area contributed by atoms with Crippen LogP contribution in [0.15, 0.2) is 0 Å². The Morgan fingerprint density at radius 2 is 2.21 bits per heavy atom. The van der Waals surface area contributed by atoms with Crippen molar-refractivity contribution in [1.82, 2.24) is 0 Å². The molecule has 1 aliphatic heterocycles. The summed E-state index contributed by atoms with van der Waals surface area (Å²) in [5, 5.41) is 0. The van der Waals surface area contributed by atoms with Gasteiger partial charge in [0.15, 0.2) is 0 Å². The predicted octanol–water partition coefficient (Wildman–Crippen LogP) is 0.0828. The van der Waals surface area contributed by atoms with Crippen molar-refractivity contribution in [3.05, 3.63) is 0 Å². The van der Waals surface area contributed by atoms with E-state index in [-0.39, 0.29) is 45.6 Å². The Kier molecular flexibility index (Phi) is 1.67. The minimum Gasteiger partial charge on any atom is -0.461 e. The summed E-state index contributed by atoms with van der Waals surface area (Å²) in [5.74, 6) is -0.514. The van der Waals surface area contributed by atoms with Crippen molar-refractivity contribution in [1.29, 1.82) is 0 Å². The van der Waals surface area contributed by atoms with Crippen LogP contribution in [0.5, 0.6) is 0 Å². The third-order valence-electron chi connectivity index (χ3n) is 3.85. The number of amides is 1. The molecule has 3 aliphatic rings. The zero-order valence-corrected chi connectivity index (χ0v) is 9.51. The summed E-state index contributed by atoms with van der Waals surface area (Å²) in [6.07, 6.45) is 0.983. The van der Waals surface area contributed by atoms with Gasteiger partial charge in [-0.15, -0.1) is 0 Å². The van der Waals surface area contributed by atoms with Gasteiger partial charge in [-0.3, -0.25) is 9.59 Å². The summed E-state index contributed by atoms with van der Waals surface area (Å²) in [5.41, 5.74) is 5.34. The lowest BCUT2D eigenvalue weighted by Crippen LogP contribution is -2.40. The molecular formula is C9H10INO3. The van der Waals surface area contributed by atoms with Gasteiger partial charge in [-0.05, 0) is 12.3 Å². The largest absolute Gasteiger partial charge is 0.461 e. The van der Waals surface area contributed by atoms with Crippen LogP contribution in [0.1, 0.15) is 6.42 Å². The molecule has 0 unspecified atom stereocenters. The van der Waals surface area contributed by atoms with Gasteiger partial charge < -0.3 is 10.5 Å². The van der Waals surface area contributed by atoms with E-state index in [9.17, 15) is 9.59 Å². The fraction of sp³-hybridized carbons (Fsp3) is 0.778. The lowest BCUT2D eigenvalue weighted by molar-refractivity contribution is -0.145. The first-order chi connectivity index (χ1) is 6.61. The van der Waals surface area contributed by atoms with Crippen molar-refractivity contribution in [2.75, 3.05) is 0 Å². The number of halogens is 1. The van der Waals surface area contributed by atoms with Crippen molar-refractivity contribution >= 4 is 34.5 Å². The SMILES string of the molecule is NC(=O)[C@@H]1[C@@H]2C[C@H]3[C@H](OC(=O)[C@H]31)[C@H]2I. The molecule has 3 rings (SSSR count). The van der Waals surface area contributed by atoms with E-state index in [1.165, 1.54) is 0 Å². The summed E-state index contributed by atoms with van der Waals surface area (Å²) in [6, 6.07) is 0. The van der Waals surface area contributed by atoms with Crippen LogP contribution in [0.2, 0.25) is 0 Å². The van der Waals surface area contributed by atoms with E-state index in [1.807, 2.05) is 0 Å². The molecule has 4 nitrogen and oxygen atoms in total. The molecule has 1 amide bonds. The van der Waals surface area contributed by atoms with E-state index in [0.29, 0.717) is 0 Å². The van der Waals surface area contributed by atoms with Gasteiger partial charge in [0.1, 0.15) is 6.10 Å². The summed E-state index contributed by atoms with van der Waals surface area (Å²) in [7, 11) is 0. The Balaban J connectivity index is 2.04. The number of hydrogen-bond acceptors (Lipinski definition) is 3. The molecule has 0 aromatic rings. The predicted molar refractivity (Wildman–Crippen MR) is 55.5 cm³/mol. The van der Waals surface area contributed by atoms with E-state index in [1.54, 1.807) is 0 Å². The first-order valence-electron chi connectivity index (χ1n) is 4.75. The lowest BCUT2D eigenvalue weighted by atomic mass is 9.79. The van der Waals surface area contributed by atoms with Crippen LogP contribution in [0.3, 0.4) is 0 Å². The van der Waals surface area contributed by atoms with Gasteiger partial charge in [0, 0.05) is 5.92 Å². The van der Waals surface area contributed by atoms with Gasteiger partial charge in [-0.1, -0.05) is 22.6 Å². The summed E-state index contributed by atoms with van der Waals surface area (Å²) in [4.78, 5) is 22.8. The highest BCUT2D eigenvalue weighted by molar-refractivity contribution is 14.1. The van der Waals surface area contributed by atoms with Gasteiger partial charge in [0.05, 0.1) is 15.8 Å². The molecule has 6 atom stereocenters. The first-order valence-corrected chi connectivity index (χ1v) is 5.99. The number of carbonyl (C=O) groups is 2. The maximum absolute atomic E-state index is 11.5. The highest BCUT2D eigenvalue weighted by atomic mass is 127. The molecular weight excluding hydrogens is 297 g/mol. The van der Waals surface area contributed by atoms with Gasteiger partial charge in [-0.2, -0.15) is 0 Å². The Bertz CT molecular complexity index is 332. The normalized spacial score (nSPS) is 53.6. The molecule has 5 heteroatoms. The van der Waals surface area contributed by atoms with E-state index in [0.717, 1.165) is 6.42 Å². The van der Waals surface area contributed by atoms with Gasteiger partial charge in [0.25, 0.3) is 0 Å². The molecule has 2 bridgehead atoms. The van der Waals surface area contributed by atoms with E-state index >= 15 is 0 Å². The molecule has 0 aromatic heterocycles. The van der Waals surface area contributed by atoms with E-state index in [4.69, 9.17) is 10.5 Å². The molecule has 1 saturated heterocycles. The molecule has 3 fully saturated rings. The second-order valence-corrected chi connectivity index (χ2v) is 5.80. The number of primary amides is 1. The lowest BCUT2D eigenvalue weighted by Gasteiger charge is -2.25. The fourth-order valence-electron chi connectivity index (χ4n) is 3.36. The van der Waals surface area contributed by atoms with Crippen molar-refractivity contribution in [2.24, 2.45) is 29.4 Å². The van der Waals surface area contributed by atoms with Crippen molar-refractivity contribution in [3.8, 4) is 0 Å². The summed E-state index contributed by atoms with van der Waals surface area (Å²) >= 11 is 2.29. The van der Waals surface area contributed by atoms with Crippen molar-refractivity contribution in [3.63, 3.8) is 0 Å². The molecule has 2 aliphatic carbocycles. The summed E-state index contributed by atoms with van der Waals surface area (Å²) in [6.45, 7) is 0. The fourth-order valence-corrected chi connectivity index (χ4v) is 4.78. The van der Waals surface area contributed by atoms with Gasteiger partial charge in [-0.25, -0.2) is 0 Å². The van der Waals surface area contributed by atoms with Crippen LogP contribution < -0.4 is 5.73 Å². The van der Waals surface area contributed by atoms with Crippen LogP contribution in [0.4, 0.5) is 0 Å². The highest BCUT2D eigenvalue weighted by Gasteiger charge is 2.67. The quantitative estimate of drug-likeness (QED) is 0.424. The van der Waals surface area contributed by atoms with E-state index in [2.05, 4.69) is 22.6 Å². The number of nitrogens with two attached hydrogens (primary N) is 1. The van der Waals surface area contributed by atoms with Gasteiger partial charge in [0.2, 0.25) is 5.91 Å².